The molecule has 0 spiro atoms. The number of hydrogen-bond acceptors (Lipinski definition) is 6. The van der Waals surface area contributed by atoms with Gasteiger partial charge in [-0.1, -0.05) is 28.5 Å². The Balaban J connectivity index is 1.61. The largest absolute Gasteiger partial charge is 0.372 e. The zero-order valence-electron chi connectivity index (χ0n) is 9.68. The van der Waals surface area contributed by atoms with E-state index in [1.54, 1.807) is 0 Å². The van der Waals surface area contributed by atoms with Crippen LogP contribution in [0.2, 0.25) is 0 Å². The van der Waals surface area contributed by atoms with E-state index in [9.17, 15) is 0 Å². The molecular weight excluding hydrogens is 264 g/mol. The summed E-state index contributed by atoms with van der Waals surface area (Å²) in [6.07, 6.45) is 0.523. The zero-order valence-corrected chi connectivity index (χ0v) is 12.1. The second-order valence-electron chi connectivity index (χ2n) is 3.19. The molecule has 1 atom stereocenters. The van der Waals surface area contributed by atoms with Gasteiger partial charge in [-0.15, -0.1) is 0 Å². The molecule has 1 unspecified atom stereocenters. The van der Waals surface area contributed by atoms with E-state index in [1.165, 1.54) is 0 Å². The Hall–Kier alpha value is 0.930. The normalized spacial score (nSPS) is 18.9. The van der Waals surface area contributed by atoms with Crippen LogP contribution in [-0.4, -0.2) is 55.7 Å². The predicted octanol–water partition coefficient (Wildman–Crippen LogP) is 2.51. The fourth-order valence-electron chi connectivity index (χ4n) is 0.909. The third kappa shape index (κ3) is 10.1. The van der Waals surface area contributed by atoms with Crippen molar-refractivity contribution in [2.75, 3.05) is 49.6 Å². The van der Waals surface area contributed by atoms with Gasteiger partial charge in [0.05, 0.1) is 25.9 Å². The molecule has 6 heteroatoms. The maximum atomic E-state index is 5.34. The summed E-state index contributed by atoms with van der Waals surface area (Å²) in [5, 5.41) is 0. The first-order valence-electron chi connectivity index (χ1n) is 5.52. The summed E-state index contributed by atoms with van der Waals surface area (Å²) in [4.78, 5) is 0. The molecule has 0 aromatic carbocycles. The lowest BCUT2D eigenvalue weighted by Crippen LogP contribution is -2.06. The fourth-order valence-corrected chi connectivity index (χ4v) is 3.29. The van der Waals surface area contributed by atoms with Crippen LogP contribution in [0.5, 0.6) is 0 Å². The van der Waals surface area contributed by atoms with Crippen LogP contribution in [-0.2, 0) is 14.2 Å². The molecule has 1 fully saturated rings. The molecule has 0 saturated carbocycles. The summed E-state index contributed by atoms with van der Waals surface area (Å²) in [5.74, 6) is 4.33. The van der Waals surface area contributed by atoms with Crippen LogP contribution in [0.4, 0.5) is 0 Å². The Labute approximate surface area is 110 Å². The van der Waals surface area contributed by atoms with E-state index in [0.717, 1.165) is 42.8 Å². The SMILES string of the molecule is CCSSCCOCOCCSCC1CO1. The Morgan fingerprint density at radius 3 is 2.62 bits per heavy atom. The number of rotatable bonds is 12. The van der Waals surface area contributed by atoms with Crippen LogP contribution in [0.3, 0.4) is 0 Å². The number of thioether (sulfide) groups is 1. The van der Waals surface area contributed by atoms with Gasteiger partial charge in [0.25, 0.3) is 0 Å². The first kappa shape index (κ1) is 15.0. The van der Waals surface area contributed by atoms with Gasteiger partial charge in [-0.2, -0.15) is 11.8 Å². The summed E-state index contributed by atoms with van der Waals surface area (Å²) < 4.78 is 15.8. The summed E-state index contributed by atoms with van der Waals surface area (Å²) in [5.41, 5.74) is 0. The van der Waals surface area contributed by atoms with E-state index >= 15 is 0 Å². The van der Waals surface area contributed by atoms with Crippen LogP contribution in [0.15, 0.2) is 0 Å². The van der Waals surface area contributed by atoms with E-state index in [2.05, 4.69) is 6.92 Å². The molecule has 1 aliphatic rings. The zero-order chi connectivity index (χ0) is 11.5. The van der Waals surface area contributed by atoms with Crippen molar-refractivity contribution in [3.8, 4) is 0 Å². The maximum absolute atomic E-state index is 5.34. The standard InChI is InChI=1S/C10H20O3S3/c1-2-15-16-6-4-12-9-11-3-5-14-8-10-7-13-10/h10H,2-9H2,1H3. The average molecular weight is 284 g/mol. The summed E-state index contributed by atoms with van der Waals surface area (Å²) in [6, 6.07) is 0. The molecule has 3 nitrogen and oxygen atoms in total. The molecule has 0 aromatic heterocycles. The van der Waals surface area contributed by atoms with E-state index in [4.69, 9.17) is 14.2 Å². The minimum Gasteiger partial charge on any atom is -0.372 e. The predicted molar refractivity (Wildman–Crippen MR) is 74.4 cm³/mol. The molecule has 1 rings (SSSR count). The minimum absolute atomic E-state index is 0.428. The quantitative estimate of drug-likeness (QED) is 0.237. The third-order valence-electron chi connectivity index (χ3n) is 1.76. The van der Waals surface area contributed by atoms with E-state index in [1.807, 2.05) is 33.3 Å². The molecule has 0 N–H and O–H groups in total. The smallest absolute Gasteiger partial charge is 0.146 e. The second kappa shape index (κ2) is 11.0. The van der Waals surface area contributed by atoms with Gasteiger partial charge in [-0.3, -0.25) is 0 Å². The van der Waals surface area contributed by atoms with Gasteiger partial charge in [0, 0.05) is 23.0 Å². The van der Waals surface area contributed by atoms with Crippen LogP contribution < -0.4 is 0 Å². The highest BCUT2D eigenvalue weighted by molar-refractivity contribution is 8.76. The van der Waals surface area contributed by atoms with Gasteiger partial charge in [-0.25, -0.2) is 0 Å². The van der Waals surface area contributed by atoms with Crippen molar-refractivity contribution < 1.29 is 14.2 Å². The van der Waals surface area contributed by atoms with Gasteiger partial charge in [-0.05, 0) is 0 Å². The highest BCUT2D eigenvalue weighted by Crippen LogP contribution is 2.19. The number of hydrogen-bond donors (Lipinski definition) is 0. The first-order chi connectivity index (χ1) is 7.93. The molecule has 1 aliphatic heterocycles. The van der Waals surface area contributed by atoms with Crippen molar-refractivity contribution in [3.05, 3.63) is 0 Å². The lowest BCUT2D eigenvalue weighted by molar-refractivity contribution is -0.0425. The summed E-state index contributed by atoms with van der Waals surface area (Å²) in [7, 11) is 3.73. The van der Waals surface area contributed by atoms with Gasteiger partial charge < -0.3 is 14.2 Å². The maximum Gasteiger partial charge on any atom is 0.146 e. The molecule has 0 bridgehead atoms. The van der Waals surface area contributed by atoms with Crippen molar-refractivity contribution in [2.45, 2.75) is 13.0 Å². The molecule has 0 aliphatic carbocycles. The highest BCUT2D eigenvalue weighted by atomic mass is 33.1. The molecule has 0 aromatic rings. The number of epoxide rings is 1. The molecule has 16 heavy (non-hydrogen) atoms. The molecule has 1 heterocycles. The average Bonchev–Trinajstić information content (AvgIpc) is 3.10. The van der Waals surface area contributed by atoms with Crippen LogP contribution in [0.1, 0.15) is 6.92 Å². The lowest BCUT2D eigenvalue weighted by atomic mass is 10.6. The van der Waals surface area contributed by atoms with Crippen molar-refractivity contribution in [1.29, 1.82) is 0 Å². The Kier molecular flexibility index (Phi) is 10.3. The van der Waals surface area contributed by atoms with Gasteiger partial charge in [0.1, 0.15) is 6.79 Å². The van der Waals surface area contributed by atoms with Crippen molar-refractivity contribution in [1.82, 2.24) is 0 Å². The molecule has 0 radical (unpaired) electrons. The van der Waals surface area contributed by atoms with Gasteiger partial charge in [0.2, 0.25) is 0 Å². The minimum atomic E-state index is 0.428. The first-order valence-corrected chi connectivity index (χ1v) is 9.17. The molecular formula is C10H20O3S3. The van der Waals surface area contributed by atoms with E-state index < -0.39 is 0 Å². The summed E-state index contributed by atoms with van der Waals surface area (Å²) in [6.45, 7) is 5.09. The van der Waals surface area contributed by atoms with Crippen molar-refractivity contribution in [3.63, 3.8) is 0 Å². The molecule has 0 amide bonds. The molecule has 1 saturated heterocycles. The Morgan fingerprint density at radius 2 is 1.94 bits per heavy atom. The van der Waals surface area contributed by atoms with Gasteiger partial charge in [0.15, 0.2) is 0 Å². The van der Waals surface area contributed by atoms with Crippen LogP contribution >= 0.6 is 33.3 Å². The monoisotopic (exact) mass is 284 g/mol. The summed E-state index contributed by atoms with van der Waals surface area (Å²) >= 11 is 1.89. The third-order valence-corrected chi connectivity index (χ3v) is 5.26. The van der Waals surface area contributed by atoms with Crippen LogP contribution in [0.25, 0.3) is 0 Å². The fraction of sp³-hybridized carbons (Fsp3) is 1.00. The van der Waals surface area contributed by atoms with Crippen molar-refractivity contribution >= 4 is 33.3 Å². The van der Waals surface area contributed by atoms with E-state index in [-0.39, 0.29) is 0 Å². The van der Waals surface area contributed by atoms with Gasteiger partial charge >= 0.3 is 0 Å². The highest BCUT2D eigenvalue weighted by Gasteiger charge is 2.21. The second-order valence-corrected chi connectivity index (χ2v) is 7.21. The topological polar surface area (TPSA) is 31.0 Å². The van der Waals surface area contributed by atoms with Crippen molar-refractivity contribution in [2.24, 2.45) is 0 Å². The Morgan fingerprint density at radius 1 is 1.19 bits per heavy atom. The molecule has 96 valence electrons. The lowest BCUT2D eigenvalue weighted by Gasteiger charge is -2.05. The Bertz CT molecular complexity index is 156. The number of ether oxygens (including phenoxy) is 3. The van der Waals surface area contributed by atoms with Crippen LogP contribution in [0, 0.1) is 0 Å². The van der Waals surface area contributed by atoms with E-state index in [0.29, 0.717) is 12.9 Å².